The van der Waals surface area contributed by atoms with E-state index in [4.69, 9.17) is 4.74 Å². The molecule has 1 aliphatic rings. The van der Waals surface area contributed by atoms with Gasteiger partial charge in [-0.05, 0) is 36.8 Å². The van der Waals surface area contributed by atoms with E-state index in [0.29, 0.717) is 0 Å². The molecule has 28 heavy (non-hydrogen) atoms. The number of carbonyl (C=O) groups excluding carboxylic acids is 2. The van der Waals surface area contributed by atoms with Crippen LogP contribution in [-0.2, 0) is 24.3 Å². The quantitative estimate of drug-likeness (QED) is 0.712. The van der Waals surface area contributed by atoms with E-state index in [1.54, 1.807) is 26.1 Å². The molecule has 1 aliphatic heterocycles. The highest BCUT2D eigenvalue weighted by atomic mass is 32.2. The predicted octanol–water partition coefficient (Wildman–Crippen LogP) is 2.01. The minimum Gasteiger partial charge on any atom is -0.466 e. The molecule has 150 valence electrons. The Balaban J connectivity index is 2.05. The zero-order valence-electron chi connectivity index (χ0n) is 16.2. The lowest BCUT2D eigenvalue weighted by molar-refractivity contribution is -0.154. The second-order valence-electron chi connectivity index (χ2n) is 7.07. The molecule has 1 atom stereocenters. The Morgan fingerprint density at radius 3 is 2.50 bits per heavy atom. The van der Waals surface area contributed by atoms with Crippen molar-refractivity contribution in [2.24, 2.45) is 0 Å². The van der Waals surface area contributed by atoms with Crippen molar-refractivity contribution in [1.82, 2.24) is 9.21 Å². The summed E-state index contributed by atoms with van der Waals surface area (Å²) in [7, 11) is -2.40. The first kappa shape index (κ1) is 20.3. The SMILES string of the molecule is CCOC(=O)CC1(C)C(=O)N(C)CCN1S(=O)(=O)c1ccc2ccccc2c1. The summed E-state index contributed by atoms with van der Waals surface area (Å²) in [5, 5.41) is 1.71. The maximum atomic E-state index is 13.4. The van der Waals surface area contributed by atoms with Gasteiger partial charge in [-0.3, -0.25) is 9.59 Å². The third-order valence-electron chi connectivity index (χ3n) is 5.10. The van der Waals surface area contributed by atoms with E-state index in [9.17, 15) is 18.0 Å². The summed E-state index contributed by atoms with van der Waals surface area (Å²) in [6, 6.07) is 12.3. The molecule has 0 bridgehead atoms. The van der Waals surface area contributed by atoms with Crippen LogP contribution >= 0.6 is 0 Å². The first-order valence-corrected chi connectivity index (χ1v) is 10.6. The molecule has 7 nitrogen and oxygen atoms in total. The van der Waals surface area contributed by atoms with Crippen molar-refractivity contribution < 1.29 is 22.7 Å². The highest BCUT2D eigenvalue weighted by molar-refractivity contribution is 7.89. The van der Waals surface area contributed by atoms with Crippen LogP contribution in [0, 0.1) is 0 Å². The number of carbonyl (C=O) groups is 2. The van der Waals surface area contributed by atoms with Crippen molar-refractivity contribution in [3.8, 4) is 0 Å². The molecule has 1 saturated heterocycles. The Hall–Kier alpha value is -2.45. The zero-order valence-corrected chi connectivity index (χ0v) is 17.0. The van der Waals surface area contributed by atoms with E-state index in [2.05, 4.69) is 0 Å². The third kappa shape index (κ3) is 3.49. The minimum atomic E-state index is -4.00. The molecule has 8 heteroatoms. The Morgan fingerprint density at radius 1 is 1.14 bits per heavy atom. The van der Waals surface area contributed by atoms with Gasteiger partial charge in [0.05, 0.1) is 17.9 Å². The summed E-state index contributed by atoms with van der Waals surface area (Å²) >= 11 is 0. The van der Waals surface area contributed by atoms with Gasteiger partial charge in [-0.15, -0.1) is 0 Å². The van der Waals surface area contributed by atoms with Gasteiger partial charge in [-0.1, -0.05) is 30.3 Å². The Morgan fingerprint density at radius 2 is 1.82 bits per heavy atom. The lowest BCUT2D eigenvalue weighted by Crippen LogP contribution is -2.65. The van der Waals surface area contributed by atoms with Crippen LogP contribution in [0.2, 0.25) is 0 Å². The van der Waals surface area contributed by atoms with Gasteiger partial charge in [0.25, 0.3) is 0 Å². The van der Waals surface area contributed by atoms with Crippen LogP contribution in [0.5, 0.6) is 0 Å². The van der Waals surface area contributed by atoms with Crippen LogP contribution in [0.25, 0.3) is 10.8 Å². The monoisotopic (exact) mass is 404 g/mol. The number of piperazine rings is 1. The van der Waals surface area contributed by atoms with E-state index in [-0.39, 0.29) is 31.0 Å². The Labute approximate surface area is 164 Å². The fraction of sp³-hybridized carbons (Fsp3) is 0.400. The molecular formula is C20H24N2O5S. The first-order chi connectivity index (χ1) is 13.2. The largest absolute Gasteiger partial charge is 0.466 e. The van der Waals surface area contributed by atoms with Crippen LogP contribution in [0.3, 0.4) is 0 Å². The van der Waals surface area contributed by atoms with Crippen molar-refractivity contribution in [2.45, 2.75) is 30.7 Å². The second-order valence-corrected chi connectivity index (χ2v) is 8.93. The molecule has 0 N–H and O–H groups in total. The van der Waals surface area contributed by atoms with Gasteiger partial charge >= 0.3 is 5.97 Å². The van der Waals surface area contributed by atoms with Crippen LogP contribution in [-0.4, -0.2) is 61.8 Å². The number of rotatable bonds is 5. The number of ether oxygens (including phenoxy) is 1. The molecule has 1 amide bonds. The molecule has 1 heterocycles. The topological polar surface area (TPSA) is 84.0 Å². The molecular weight excluding hydrogens is 380 g/mol. The molecule has 1 fully saturated rings. The smallest absolute Gasteiger partial charge is 0.308 e. The number of likely N-dealkylation sites (N-methyl/N-ethyl adjacent to an activating group) is 1. The number of esters is 1. The number of amides is 1. The van der Waals surface area contributed by atoms with Crippen LogP contribution in [0.4, 0.5) is 0 Å². The van der Waals surface area contributed by atoms with Crippen LogP contribution in [0.15, 0.2) is 47.4 Å². The summed E-state index contributed by atoms with van der Waals surface area (Å²) in [5.41, 5.74) is -1.54. The number of hydrogen-bond acceptors (Lipinski definition) is 5. The highest BCUT2D eigenvalue weighted by Gasteiger charge is 2.51. The lowest BCUT2D eigenvalue weighted by Gasteiger charge is -2.45. The molecule has 2 aromatic rings. The summed E-state index contributed by atoms with van der Waals surface area (Å²) in [5.74, 6) is -1.02. The summed E-state index contributed by atoms with van der Waals surface area (Å²) < 4.78 is 33.0. The number of fused-ring (bicyclic) bond motifs is 1. The van der Waals surface area contributed by atoms with Gasteiger partial charge in [-0.2, -0.15) is 4.31 Å². The average molecular weight is 404 g/mol. The maximum absolute atomic E-state index is 13.4. The van der Waals surface area contributed by atoms with Crippen molar-refractivity contribution in [3.05, 3.63) is 42.5 Å². The van der Waals surface area contributed by atoms with Crippen molar-refractivity contribution in [2.75, 3.05) is 26.7 Å². The molecule has 0 aromatic heterocycles. The normalized spacial score (nSPS) is 21.1. The standard InChI is InChI=1S/C20H24N2O5S/c1-4-27-18(23)14-20(2)19(24)21(3)11-12-22(20)28(25,26)17-10-9-15-7-5-6-8-16(15)13-17/h5-10,13H,4,11-12,14H2,1-3H3. The zero-order chi connectivity index (χ0) is 20.5. The van der Waals surface area contributed by atoms with Gasteiger partial charge < -0.3 is 9.64 Å². The summed E-state index contributed by atoms with van der Waals surface area (Å²) in [6.45, 7) is 3.67. The van der Waals surface area contributed by atoms with Crippen LogP contribution < -0.4 is 0 Å². The highest BCUT2D eigenvalue weighted by Crippen LogP contribution is 2.33. The Bertz CT molecular complexity index is 1020. The second kappa shape index (κ2) is 7.52. The number of sulfonamides is 1. The maximum Gasteiger partial charge on any atom is 0.308 e. The third-order valence-corrected chi connectivity index (χ3v) is 7.11. The molecule has 1 unspecified atom stereocenters. The van der Waals surface area contributed by atoms with Gasteiger partial charge in [0, 0.05) is 20.1 Å². The number of hydrogen-bond donors (Lipinski definition) is 0. The number of benzene rings is 2. The fourth-order valence-electron chi connectivity index (χ4n) is 3.60. The van der Waals surface area contributed by atoms with Gasteiger partial charge in [0.2, 0.25) is 15.9 Å². The molecule has 3 rings (SSSR count). The van der Waals surface area contributed by atoms with Gasteiger partial charge in [0.1, 0.15) is 5.54 Å². The van der Waals surface area contributed by atoms with E-state index in [1.807, 2.05) is 24.3 Å². The van der Waals surface area contributed by atoms with Gasteiger partial charge in [-0.25, -0.2) is 8.42 Å². The molecule has 0 radical (unpaired) electrons. The summed E-state index contributed by atoms with van der Waals surface area (Å²) in [4.78, 5) is 26.6. The number of nitrogens with zero attached hydrogens (tertiary/aromatic N) is 2. The first-order valence-electron chi connectivity index (χ1n) is 9.13. The average Bonchev–Trinajstić information content (AvgIpc) is 2.65. The minimum absolute atomic E-state index is 0.0960. The van der Waals surface area contributed by atoms with E-state index in [0.717, 1.165) is 15.1 Å². The lowest BCUT2D eigenvalue weighted by atomic mass is 9.94. The van der Waals surface area contributed by atoms with Crippen molar-refractivity contribution in [1.29, 1.82) is 0 Å². The molecule has 0 saturated carbocycles. The van der Waals surface area contributed by atoms with E-state index in [1.165, 1.54) is 17.9 Å². The molecule has 0 spiro atoms. The molecule has 2 aromatic carbocycles. The Kier molecular flexibility index (Phi) is 5.45. The van der Waals surface area contributed by atoms with Crippen molar-refractivity contribution in [3.63, 3.8) is 0 Å². The predicted molar refractivity (Wildman–Crippen MR) is 105 cm³/mol. The van der Waals surface area contributed by atoms with Crippen LogP contribution in [0.1, 0.15) is 20.3 Å². The fourth-order valence-corrected chi connectivity index (χ4v) is 5.37. The van der Waals surface area contributed by atoms with Gasteiger partial charge in [0.15, 0.2) is 0 Å². The van der Waals surface area contributed by atoms with Crippen molar-refractivity contribution >= 4 is 32.7 Å². The van der Waals surface area contributed by atoms with E-state index >= 15 is 0 Å². The summed E-state index contributed by atoms with van der Waals surface area (Å²) in [6.07, 6.45) is -0.336. The molecule has 0 aliphatic carbocycles. The van der Waals surface area contributed by atoms with E-state index < -0.39 is 27.4 Å².